The number of amides is 2. The minimum atomic E-state index is -0.207. The Balaban J connectivity index is 1.46. The van der Waals surface area contributed by atoms with E-state index < -0.39 is 0 Å². The summed E-state index contributed by atoms with van der Waals surface area (Å²) >= 11 is 0. The largest absolute Gasteiger partial charge is 0.497 e. The molecule has 0 bridgehead atoms. The Morgan fingerprint density at radius 3 is 2.69 bits per heavy atom. The van der Waals surface area contributed by atoms with Crippen molar-refractivity contribution < 1.29 is 14.3 Å². The van der Waals surface area contributed by atoms with Gasteiger partial charge in [0.15, 0.2) is 6.33 Å². The number of aromatic nitrogens is 5. The van der Waals surface area contributed by atoms with Gasteiger partial charge in [-0.2, -0.15) is 4.80 Å². The molecule has 36 heavy (non-hydrogen) atoms. The van der Waals surface area contributed by atoms with Crippen LogP contribution < -0.4 is 15.4 Å². The number of hydrogen-bond acceptors (Lipinski definition) is 6. The van der Waals surface area contributed by atoms with Crippen LogP contribution in [0.5, 0.6) is 5.75 Å². The molecule has 3 N–H and O–H groups in total. The van der Waals surface area contributed by atoms with E-state index in [0.29, 0.717) is 29.9 Å². The number of anilines is 1. The van der Waals surface area contributed by atoms with Gasteiger partial charge < -0.3 is 20.4 Å². The van der Waals surface area contributed by atoms with E-state index in [4.69, 9.17) is 4.74 Å². The summed E-state index contributed by atoms with van der Waals surface area (Å²) < 4.78 is 5.28. The summed E-state index contributed by atoms with van der Waals surface area (Å²) in [6.07, 6.45) is 3.16. The molecule has 1 aliphatic heterocycles. The third-order valence-corrected chi connectivity index (χ3v) is 6.21. The van der Waals surface area contributed by atoms with Crippen molar-refractivity contribution >= 4 is 29.2 Å². The number of tetrazole rings is 1. The lowest BCUT2D eigenvalue weighted by Gasteiger charge is -2.09. The van der Waals surface area contributed by atoms with Crippen LogP contribution in [0.15, 0.2) is 48.8 Å². The van der Waals surface area contributed by atoms with Gasteiger partial charge in [0.05, 0.1) is 24.8 Å². The number of fused-ring (bicyclic) bond motifs is 1. The van der Waals surface area contributed by atoms with E-state index in [1.54, 1.807) is 7.11 Å². The summed E-state index contributed by atoms with van der Waals surface area (Å²) in [6.45, 7) is 4.48. The highest BCUT2D eigenvalue weighted by atomic mass is 16.5. The van der Waals surface area contributed by atoms with E-state index in [2.05, 4.69) is 31.0 Å². The molecule has 0 spiro atoms. The number of carbonyl (C=O) groups excluding carboxylic acids is 2. The van der Waals surface area contributed by atoms with Crippen molar-refractivity contribution in [1.29, 1.82) is 0 Å². The highest BCUT2D eigenvalue weighted by Crippen LogP contribution is 2.41. The quantitative estimate of drug-likeness (QED) is 0.347. The first kappa shape index (κ1) is 23.0. The molecule has 2 aromatic carbocycles. The molecule has 0 radical (unpaired) electrons. The topological polar surface area (TPSA) is 127 Å². The number of benzene rings is 2. The van der Waals surface area contributed by atoms with Gasteiger partial charge in [-0.25, -0.2) is 0 Å². The van der Waals surface area contributed by atoms with Gasteiger partial charge in [-0.1, -0.05) is 24.3 Å². The van der Waals surface area contributed by atoms with Crippen LogP contribution in [0.1, 0.15) is 32.9 Å². The molecular weight excluding hydrogens is 458 g/mol. The Kier molecular flexibility index (Phi) is 6.07. The van der Waals surface area contributed by atoms with Crippen LogP contribution in [-0.2, 0) is 11.3 Å². The van der Waals surface area contributed by atoms with Gasteiger partial charge >= 0.3 is 0 Å². The molecule has 0 atom stereocenters. The number of nitrogens with one attached hydrogen (secondary N) is 3. The average molecular weight is 484 g/mol. The average Bonchev–Trinajstić information content (AvgIpc) is 3.58. The maximum atomic E-state index is 13.0. The number of hydrogen-bond donors (Lipinski definition) is 3. The normalized spacial score (nSPS) is 13.5. The third-order valence-electron chi connectivity index (χ3n) is 6.21. The first-order valence-corrected chi connectivity index (χ1v) is 11.4. The predicted octanol–water partition coefficient (Wildman–Crippen LogP) is 3.22. The van der Waals surface area contributed by atoms with Gasteiger partial charge in [0.25, 0.3) is 11.8 Å². The summed E-state index contributed by atoms with van der Waals surface area (Å²) in [4.78, 5) is 30.6. The number of aromatic amines is 1. The Hall–Kier alpha value is -4.73. The highest BCUT2D eigenvalue weighted by Gasteiger charge is 2.28. The van der Waals surface area contributed by atoms with Crippen LogP contribution >= 0.6 is 0 Å². The standard InChI is InChI=1S/C26H25N7O3/c1-15-22(30-16(2)23(15)26(35)27-11-12-33-29-14-28-32-33)13-20-24-19(5-4-6-21(24)31-25(20)34)17-7-9-18(36-3)10-8-17/h4-10,13-14,30H,11-12H2,1-3H3,(H,27,35)(H,31,34). The summed E-state index contributed by atoms with van der Waals surface area (Å²) in [5.74, 6) is 0.363. The molecule has 0 fully saturated rings. The van der Waals surface area contributed by atoms with Crippen LogP contribution in [0, 0.1) is 13.8 Å². The molecular formula is C26H25N7O3. The lowest BCUT2D eigenvalue weighted by molar-refractivity contribution is -0.110. The van der Waals surface area contributed by atoms with E-state index in [9.17, 15) is 9.59 Å². The lowest BCUT2D eigenvalue weighted by Crippen LogP contribution is -2.28. The minimum absolute atomic E-state index is 0.191. The highest BCUT2D eigenvalue weighted by molar-refractivity contribution is 6.36. The number of carbonyl (C=O) groups is 2. The predicted molar refractivity (Wildman–Crippen MR) is 135 cm³/mol. The summed E-state index contributed by atoms with van der Waals surface area (Å²) in [7, 11) is 1.63. The Morgan fingerprint density at radius 1 is 1.17 bits per heavy atom. The summed E-state index contributed by atoms with van der Waals surface area (Å²) in [5, 5.41) is 17.2. The first-order chi connectivity index (χ1) is 17.5. The number of H-pyrrole nitrogens is 1. The lowest BCUT2D eigenvalue weighted by atomic mass is 9.94. The molecule has 0 saturated heterocycles. The molecule has 0 unspecified atom stereocenters. The first-order valence-electron chi connectivity index (χ1n) is 11.4. The van der Waals surface area contributed by atoms with Crippen molar-refractivity contribution in [2.24, 2.45) is 0 Å². The van der Waals surface area contributed by atoms with E-state index >= 15 is 0 Å². The van der Waals surface area contributed by atoms with Crippen LogP contribution in [0.3, 0.4) is 0 Å². The summed E-state index contributed by atoms with van der Waals surface area (Å²) in [6, 6.07) is 13.5. The maximum absolute atomic E-state index is 13.0. The van der Waals surface area contributed by atoms with E-state index in [1.165, 1.54) is 11.1 Å². The van der Waals surface area contributed by atoms with Gasteiger partial charge in [0.1, 0.15) is 5.75 Å². The van der Waals surface area contributed by atoms with Crippen molar-refractivity contribution in [1.82, 2.24) is 30.5 Å². The third kappa shape index (κ3) is 4.24. The SMILES string of the molecule is COc1ccc(-c2cccc3c2C(=Cc2[nH]c(C)c(C(=O)NCCn4ncnn4)c2C)C(=O)N3)cc1. The second-order valence-electron chi connectivity index (χ2n) is 8.42. The number of aryl methyl sites for hydroxylation is 1. The zero-order valence-electron chi connectivity index (χ0n) is 20.1. The van der Waals surface area contributed by atoms with Crippen LogP contribution in [-0.4, -0.2) is 50.7 Å². The Bertz CT molecular complexity index is 1470. The van der Waals surface area contributed by atoms with Crippen molar-refractivity contribution in [3.8, 4) is 16.9 Å². The van der Waals surface area contributed by atoms with Crippen molar-refractivity contribution in [3.63, 3.8) is 0 Å². The van der Waals surface area contributed by atoms with E-state index in [0.717, 1.165) is 39.4 Å². The molecule has 1 aliphatic rings. The molecule has 10 heteroatoms. The molecule has 3 heterocycles. The van der Waals surface area contributed by atoms with Gasteiger partial charge in [0.2, 0.25) is 0 Å². The Morgan fingerprint density at radius 2 is 1.97 bits per heavy atom. The molecule has 5 rings (SSSR count). The van der Waals surface area contributed by atoms with Crippen molar-refractivity contribution in [2.45, 2.75) is 20.4 Å². The van der Waals surface area contributed by atoms with Gasteiger partial charge in [-0.15, -0.1) is 10.2 Å². The number of nitrogens with zero attached hydrogens (tertiary/aromatic N) is 4. The zero-order chi connectivity index (χ0) is 25.2. The van der Waals surface area contributed by atoms with Crippen LogP contribution in [0.4, 0.5) is 5.69 Å². The van der Waals surface area contributed by atoms with Crippen LogP contribution in [0.2, 0.25) is 0 Å². The second kappa shape index (κ2) is 9.49. The monoisotopic (exact) mass is 483 g/mol. The smallest absolute Gasteiger partial charge is 0.256 e. The molecule has 2 aromatic heterocycles. The van der Waals surface area contributed by atoms with E-state index in [-0.39, 0.29) is 11.8 Å². The van der Waals surface area contributed by atoms with E-state index in [1.807, 2.05) is 62.4 Å². The van der Waals surface area contributed by atoms with Crippen molar-refractivity contribution in [2.75, 3.05) is 19.0 Å². The number of rotatable bonds is 7. The number of ether oxygens (including phenoxy) is 1. The van der Waals surface area contributed by atoms with Gasteiger partial charge in [-0.3, -0.25) is 9.59 Å². The molecule has 4 aromatic rings. The molecule has 10 nitrogen and oxygen atoms in total. The maximum Gasteiger partial charge on any atom is 0.256 e. The fourth-order valence-corrected chi connectivity index (χ4v) is 4.45. The van der Waals surface area contributed by atoms with Gasteiger partial charge in [-0.05, 0) is 60.0 Å². The van der Waals surface area contributed by atoms with Crippen LogP contribution in [0.25, 0.3) is 22.8 Å². The molecule has 0 saturated carbocycles. The fraction of sp³-hybridized carbons (Fsp3) is 0.192. The zero-order valence-corrected chi connectivity index (χ0v) is 20.1. The molecule has 0 aliphatic carbocycles. The number of methoxy groups -OCH3 is 1. The molecule has 182 valence electrons. The fourth-order valence-electron chi connectivity index (χ4n) is 4.45. The van der Waals surface area contributed by atoms with Gasteiger partial charge in [0, 0.05) is 29.2 Å². The minimum Gasteiger partial charge on any atom is -0.497 e. The summed E-state index contributed by atoms with van der Waals surface area (Å²) in [5.41, 5.74) is 6.75. The van der Waals surface area contributed by atoms with Crippen molar-refractivity contribution in [3.05, 3.63) is 76.9 Å². The second-order valence-corrected chi connectivity index (χ2v) is 8.42. The Labute approximate surface area is 207 Å². The molecule has 2 amide bonds.